The first kappa shape index (κ1) is 8.69. The number of nitrogens with one attached hydrogen (secondary N) is 1. The van der Waals surface area contributed by atoms with E-state index in [2.05, 4.69) is 22.4 Å². The highest BCUT2D eigenvalue weighted by Crippen LogP contribution is 2.38. The van der Waals surface area contributed by atoms with Crippen LogP contribution < -0.4 is 5.32 Å². The molecule has 1 aromatic rings. The third-order valence-corrected chi connectivity index (χ3v) is 2.40. The van der Waals surface area contributed by atoms with Gasteiger partial charge in [-0.25, -0.2) is 0 Å². The molecule has 0 saturated heterocycles. The average Bonchev–Trinajstić information content (AvgIpc) is 2.88. The van der Waals surface area contributed by atoms with E-state index < -0.39 is 0 Å². The minimum absolute atomic E-state index is 0.396. The minimum Gasteiger partial charge on any atom is -0.339 e. The van der Waals surface area contributed by atoms with Crippen molar-refractivity contribution in [3.05, 3.63) is 11.7 Å². The van der Waals surface area contributed by atoms with Crippen LogP contribution in [-0.4, -0.2) is 23.2 Å². The molecule has 1 unspecified atom stereocenters. The first-order valence-corrected chi connectivity index (χ1v) is 4.79. The molecule has 0 amide bonds. The van der Waals surface area contributed by atoms with E-state index in [0.29, 0.717) is 12.0 Å². The first-order chi connectivity index (χ1) is 6.29. The lowest BCUT2D eigenvalue weighted by Crippen LogP contribution is -2.23. The van der Waals surface area contributed by atoms with Crippen LogP contribution in [0.4, 0.5) is 0 Å². The standard InChI is InChI=1S/C9H15N3O/c1-6(10-2)5-8-11-9(12-13-8)7-3-4-7/h6-7,10H,3-5H2,1-2H3. The molecule has 72 valence electrons. The Morgan fingerprint density at radius 2 is 2.38 bits per heavy atom. The first-order valence-electron chi connectivity index (χ1n) is 4.79. The second-order valence-electron chi connectivity index (χ2n) is 3.71. The van der Waals surface area contributed by atoms with Gasteiger partial charge >= 0.3 is 0 Å². The number of hydrogen-bond donors (Lipinski definition) is 1. The van der Waals surface area contributed by atoms with Gasteiger partial charge in [-0.2, -0.15) is 4.98 Å². The second-order valence-corrected chi connectivity index (χ2v) is 3.71. The number of rotatable bonds is 4. The lowest BCUT2D eigenvalue weighted by Gasteiger charge is -2.04. The summed E-state index contributed by atoms with van der Waals surface area (Å²) in [6.07, 6.45) is 3.26. The summed E-state index contributed by atoms with van der Waals surface area (Å²) in [6, 6.07) is 0.396. The van der Waals surface area contributed by atoms with E-state index in [4.69, 9.17) is 4.52 Å². The van der Waals surface area contributed by atoms with Crippen molar-refractivity contribution in [1.29, 1.82) is 0 Å². The van der Waals surface area contributed by atoms with Gasteiger partial charge in [0.1, 0.15) is 0 Å². The third kappa shape index (κ3) is 2.06. The van der Waals surface area contributed by atoms with Crippen LogP contribution in [0.15, 0.2) is 4.52 Å². The molecule has 1 aliphatic rings. The van der Waals surface area contributed by atoms with Crippen LogP contribution >= 0.6 is 0 Å². The molecule has 1 aromatic heterocycles. The monoisotopic (exact) mass is 181 g/mol. The third-order valence-electron chi connectivity index (χ3n) is 2.40. The molecule has 1 heterocycles. The normalized spacial score (nSPS) is 18.9. The maximum absolute atomic E-state index is 5.14. The van der Waals surface area contributed by atoms with Crippen molar-refractivity contribution >= 4 is 0 Å². The fourth-order valence-electron chi connectivity index (χ4n) is 1.22. The molecule has 4 heteroatoms. The van der Waals surface area contributed by atoms with Gasteiger partial charge in [0.15, 0.2) is 5.82 Å². The van der Waals surface area contributed by atoms with Crippen LogP contribution in [0.25, 0.3) is 0 Å². The molecule has 1 aliphatic carbocycles. The SMILES string of the molecule is CNC(C)Cc1nc(C2CC2)no1. The highest BCUT2D eigenvalue weighted by molar-refractivity contribution is 5.03. The molecule has 0 radical (unpaired) electrons. The van der Waals surface area contributed by atoms with E-state index >= 15 is 0 Å². The van der Waals surface area contributed by atoms with E-state index in [-0.39, 0.29) is 0 Å². The quantitative estimate of drug-likeness (QED) is 0.755. The smallest absolute Gasteiger partial charge is 0.228 e. The Hall–Kier alpha value is -0.900. The topological polar surface area (TPSA) is 51.0 Å². The Bertz CT molecular complexity index is 280. The van der Waals surface area contributed by atoms with Crippen LogP contribution in [0.1, 0.15) is 37.4 Å². The van der Waals surface area contributed by atoms with Crippen LogP contribution in [0.5, 0.6) is 0 Å². The van der Waals surface area contributed by atoms with Crippen molar-refractivity contribution in [2.75, 3.05) is 7.05 Å². The Kier molecular flexibility index (Phi) is 2.31. The molecule has 1 fully saturated rings. The van der Waals surface area contributed by atoms with E-state index in [1.807, 2.05) is 7.05 Å². The molecule has 0 aliphatic heterocycles. The maximum Gasteiger partial charge on any atom is 0.228 e. The van der Waals surface area contributed by atoms with Gasteiger partial charge in [0.25, 0.3) is 0 Å². The van der Waals surface area contributed by atoms with Crippen molar-refractivity contribution < 1.29 is 4.52 Å². The van der Waals surface area contributed by atoms with Crippen molar-refractivity contribution in [2.45, 2.75) is 38.1 Å². The zero-order chi connectivity index (χ0) is 9.26. The van der Waals surface area contributed by atoms with Gasteiger partial charge in [-0.1, -0.05) is 5.16 Å². The molecule has 1 atom stereocenters. The Morgan fingerprint density at radius 3 is 3.00 bits per heavy atom. The Labute approximate surface area is 77.7 Å². The highest BCUT2D eigenvalue weighted by atomic mass is 16.5. The molecule has 2 rings (SSSR count). The van der Waals surface area contributed by atoms with Gasteiger partial charge in [0.2, 0.25) is 5.89 Å². The average molecular weight is 181 g/mol. The second kappa shape index (κ2) is 3.46. The highest BCUT2D eigenvalue weighted by Gasteiger charge is 2.28. The summed E-state index contributed by atoms with van der Waals surface area (Å²) in [4.78, 5) is 4.34. The summed E-state index contributed by atoms with van der Waals surface area (Å²) in [5.74, 6) is 2.24. The Morgan fingerprint density at radius 1 is 1.62 bits per heavy atom. The van der Waals surface area contributed by atoms with Gasteiger partial charge in [0.05, 0.1) is 0 Å². The van der Waals surface area contributed by atoms with Gasteiger partial charge in [0, 0.05) is 18.4 Å². The molecular formula is C9H15N3O. The molecular weight excluding hydrogens is 166 g/mol. The number of nitrogens with zero attached hydrogens (tertiary/aromatic N) is 2. The lowest BCUT2D eigenvalue weighted by atomic mass is 10.2. The van der Waals surface area contributed by atoms with Crippen LogP contribution in [-0.2, 0) is 6.42 Å². The van der Waals surface area contributed by atoms with Crippen LogP contribution in [0, 0.1) is 0 Å². The van der Waals surface area contributed by atoms with E-state index in [1.165, 1.54) is 12.8 Å². The zero-order valence-electron chi connectivity index (χ0n) is 8.08. The van der Waals surface area contributed by atoms with Gasteiger partial charge in [-0.3, -0.25) is 0 Å². The predicted octanol–water partition coefficient (Wildman–Crippen LogP) is 1.10. The van der Waals surface area contributed by atoms with Gasteiger partial charge in [-0.05, 0) is 26.8 Å². The van der Waals surface area contributed by atoms with E-state index in [9.17, 15) is 0 Å². The summed E-state index contributed by atoms with van der Waals surface area (Å²) >= 11 is 0. The molecule has 1 N–H and O–H groups in total. The van der Waals surface area contributed by atoms with Crippen LogP contribution in [0.2, 0.25) is 0 Å². The number of likely N-dealkylation sites (N-methyl/N-ethyl adjacent to an activating group) is 1. The molecule has 13 heavy (non-hydrogen) atoms. The summed E-state index contributed by atoms with van der Waals surface area (Å²) in [6.45, 7) is 2.10. The number of aromatic nitrogens is 2. The fraction of sp³-hybridized carbons (Fsp3) is 0.778. The fourth-order valence-corrected chi connectivity index (χ4v) is 1.22. The molecule has 1 saturated carbocycles. The zero-order valence-corrected chi connectivity index (χ0v) is 8.08. The van der Waals surface area contributed by atoms with E-state index in [1.54, 1.807) is 0 Å². The number of hydrogen-bond acceptors (Lipinski definition) is 4. The van der Waals surface area contributed by atoms with Gasteiger partial charge in [-0.15, -0.1) is 0 Å². The molecule has 0 aromatic carbocycles. The minimum atomic E-state index is 0.396. The molecule has 0 bridgehead atoms. The summed E-state index contributed by atoms with van der Waals surface area (Å²) in [5, 5.41) is 7.09. The molecule has 0 spiro atoms. The van der Waals surface area contributed by atoms with Crippen LogP contribution in [0.3, 0.4) is 0 Å². The van der Waals surface area contributed by atoms with Crippen molar-refractivity contribution in [3.63, 3.8) is 0 Å². The summed E-state index contributed by atoms with van der Waals surface area (Å²) in [5.41, 5.74) is 0. The van der Waals surface area contributed by atoms with Gasteiger partial charge < -0.3 is 9.84 Å². The molecule has 4 nitrogen and oxygen atoms in total. The van der Waals surface area contributed by atoms with E-state index in [0.717, 1.165) is 18.1 Å². The maximum atomic E-state index is 5.14. The Balaban J connectivity index is 1.96. The largest absolute Gasteiger partial charge is 0.339 e. The van der Waals surface area contributed by atoms with Crippen molar-refractivity contribution in [2.24, 2.45) is 0 Å². The predicted molar refractivity (Wildman–Crippen MR) is 48.5 cm³/mol. The summed E-state index contributed by atoms with van der Waals surface area (Å²) in [7, 11) is 1.93. The lowest BCUT2D eigenvalue weighted by molar-refractivity contribution is 0.361. The van der Waals surface area contributed by atoms with Crippen molar-refractivity contribution in [1.82, 2.24) is 15.5 Å². The summed E-state index contributed by atoms with van der Waals surface area (Å²) < 4.78 is 5.14. The van der Waals surface area contributed by atoms with Crippen molar-refractivity contribution in [3.8, 4) is 0 Å².